The Morgan fingerprint density at radius 2 is 1.87 bits per heavy atom. The molecule has 0 spiro atoms. The first-order valence-corrected chi connectivity index (χ1v) is 11.3. The van der Waals surface area contributed by atoms with Gasteiger partial charge in [-0.15, -0.1) is 11.3 Å². The molecule has 1 amide bonds. The van der Waals surface area contributed by atoms with Gasteiger partial charge in [0.25, 0.3) is 11.8 Å². The molecular weight excluding hydrogens is 406 g/mol. The van der Waals surface area contributed by atoms with Gasteiger partial charge in [0.1, 0.15) is 5.00 Å². The second kappa shape index (κ2) is 8.99. The van der Waals surface area contributed by atoms with Crippen LogP contribution in [0.1, 0.15) is 73.5 Å². The van der Waals surface area contributed by atoms with Crippen LogP contribution in [0.4, 0.5) is 9.80 Å². The minimum absolute atomic E-state index is 0.0297. The van der Waals surface area contributed by atoms with Gasteiger partial charge in [0.05, 0.1) is 5.56 Å². The number of nitrogens with one attached hydrogen (secondary N) is 1. The van der Waals surface area contributed by atoms with Crippen LogP contribution < -0.4 is 5.32 Å². The SMILES string of the molecule is O=C(Nc1sc2c(c1-c1nc(C3CC3)no1)CCCCC2)C1=CCCC1.O=C(O)O. The predicted octanol–water partition coefficient (Wildman–Crippen LogP) is 5.22. The number of aromatic nitrogens is 2. The molecule has 8 nitrogen and oxygen atoms in total. The highest BCUT2D eigenvalue weighted by Gasteiger charge is 2.31. The van der Waals surface area contributed by atoms with E-state index in [9.17, 15) is 4.79 Å². The van der Waals surface area contributed by atoms with Crippen molar-refractivity contribution in [2.45, 2.75) is 70.1 Å². The number of carbonyl (C=O) groups is 2. The maximum atomic E-state index is 12.7. The lowest BCUT2D eigenvalue weighted by Gasteiger charge is -2.06. The Bertz CT molecular complexity index is 969. The third-order valence-electron chi connectivity index (χ3n) is 5.58. The maximum absolute atomic E-state index is 12.7. The molecule has 2 heterocycles. The summed E-state index contributed by atoms with van der Waals surface area (Å²) in [5, 5.41) is 22.2. The quantitative estimate of drug-likeness (QED) is 0.567. The lowest BCUT2D eigenvalue weighted by atomic mass is 10.1. The zero-order valence-corrected chi connectivity index (χ0v) is 17.5. The molecule has 5 rings (SSSR count). The molecule has 3 aliphatic carbocycles. The van der Waals surface area contributed by atoms with Crippen LogP contribution in [-0.4, -0.2) is 32.4 Å². The Kier molecular flexibility index (Phi) is 6.17. The standard InChI is InChI=1S/C20H23N3O2S.CH2O3/c24-18(13-6-4-5-7-13)22-20-16(14-8-2-1-3-9-15(14)26-20)19-21-17(23-25-19)12-10-11-12;2-1(3)4/h6,12H,1-5,7-11H2,(H,22,24);(H2,2,3,4). The first-order valence-electron chi connectivity index (χ1n) is 10.4. The Morgan fingerprint density at radius 3 is 2.57 bits per heavy atom. The van der Waals surface area contributed by atoms with Crippen LogP contribution >= 0.6 is 11.3 Å². The molecule has 2 aromatic rings. The predicted molar refractivity (Wildman–Crippen MR) is 112 cm³/mol. The van der Waals surface area contributed by atoms with E-state index < -0.39 is 6.16 Å². The van der Waals surface area contributed by atoms with Crippen molar-refractivity contribution in [3.63, 3.8) is 0 Å². The zero-order valence-electron chi connectivity index (χ0n) is 16.6. The van der Waals surface area contributed by atoms with Gasteiger partial charge >= 0.3 is 6.16 Å². The Morgan fingerprint density at radius 1 is 1.10 bits per heavy atom. The van der Waals surface area contributed by atoms with Gasteiger partial charge in [-0.3, -0.25) is 4.79 Å². The number of anilines is 1. The molecule has 9 heteroatoms. The summed E-state index contributed by atoms with van der Waals surface area (Å²) in [4.78, 5) is 27.3. The molecular formula is C21H25N3O5S. The van der Waals surface area contributed by atoms with Crippen LogP contribution in [0, 0.1) is 0 Å². The highest BCUT2D eigenvalue weighted by atomic mass is 32.1. The van der Waals surface area contributed by atoms with Crippen LogP contribution in [0.2, 0.25) is 0 Å². The number of allylic oxidation sites excluding steroid dienone is 1. The maximum Gasteiger partial charge on any atom is 0.503 e. The van der Waals surface area contributed by atoms with Crippen molar-refractivity contribution in [1.29, 1.82) is 0 Å². The summed E-state index contributed by atoms with van der Waals surface area (Å²) in [6, 6.07) is 0. The van der Waals surface area contributed by atoms with Crippen molar-refractivity contribution in [2.24, 2.45) is 0 Å². The Balaban J connectivity index is 0.000000503. The monoisotopic (exact) mass is 431 g/mol. The Hall–Kier alpha value is -2.68. The number of thiophene rings is 1. The summed E-state index contributed by atoms with van der Waals surface area (Å²) in [6.07, 6.45) is 11.2. The minimum atomic E-state index is -1.83. The molecule has 0 radical (unpaired) electrons. The summed E-state index contributed by atoms with van der Waals surface area (Å²) in [5.41, 5.74) is 3.20. The number of hydrogen-bond acceptors (Lipinski definition) is 6. The van der Waals surface area contributed by atoms with E-state index >= 15 is 0 Å². The van der Waals surface area contributed by atoms with Crippen LogP contribution in [0.5, 0.6) is 0 Å². The van der Waals surface area contributed by atoms with E-state index in [0.29, 0.717) is 11.8 Å². The van der Waals surface area contributed by atoms with E-state index in [1.54, 1.807) is 11.3 Å². The average Bonchev–Trinajstić information content (AvgIpc) is 3.12. The molecule has 30 heavy (non-hydrogen) atoms. The molecule has 0 aliphatic heterocycles. The lowest BCUT2D eigenvalue weighted by Crippen LogP contribution is -2.13. The second-order valence-corrected chi connectivity index (χ2v) is 8.96. The molecule has 1 fully saturated rings. The zero-order chi connectivity index (χ0) is 21.1. The number of fused-ring (bicyclic) bond motifs is 1. The van der Waals surface area contributed by atoms with Gasteiger partial charge < -0.3 is 20.1 Å². The van der Waals surface area contributed by atoms with E-state index in [-0.39, 0.29) is 5.91 Å². The first-order chi connectivity index (χ1) is 14.5. The smallest absolute Gasteiger partial charge is 0.450 e. The van der Waals surface area contributed by atoms with Crippen molar-refractivity contribution in [3.8, 4) is 11.5 Å². The van der Waals surface area contributed by atoms with E-state index in [1.807, 2.05) is 0 Å². The van der Waals surface area contributed by atoms with Crippen molar-refractivity contribution >= 4 is 28.4 Å². The first kappa shape index (κ1) is 20.6. The van der Waals surface area contributed by atoms with Gasteiger partial charge in [0.15, 0.2) is 5.82 Å². The van der Waals surface area contributed by atoms with E-state index in [4.69, 9.17) is 19.5 Å². The normalized spacial score (nSPS) is 17.9. The largest absolute Gasteiger partial charge is 0.503 e. The van der Waals surface area contributed by atoms with Gasteiger partial charge in [-0.25, -0.2) is 4.79 Å². The van der Waals surface area contributed by atoms with Crippen LogP contribution in [0.3, 0.4) is 0 Å². The molecule has 0 saturated heterocycles. The number of amides is 1. The average molecular weight is 432 g/mol. The molecule has 2 aromatic heterocycles. The molecule has 0 unspecified atom stereocenters. The van der Waals surface area contributed by atoms with Gasteiger partial charge in [0.2, 0.25) is 0 Å². The van der Waals surface area contributed by atoms with Gasteiger partial charge in [-0.1, -0.05) is 17.7 Å². The number of hydrogen-bond donors (Lipinski definition) is 3. The summed E-state index contributed by atoms with van der Waals surface area (Å²) in [5.74, 6) is 1.90. The molecule has 3 aliphatic rings. The molecule has 0 atom stereocenters. The fraction of sp³-hybridized carbons (Fsp3) is 0.524. The number of rotatable bonds is 4. The minimum Gasteiger partial charge on any atom is -0.450 e. The summed E-state index contributed by atoms with van der Waals surface area (Å²) >= 11 is 1.70. The fourth-order valence-corrected chi connectivity index (χ4v) is 5.24. The van der Waals surface area contributed by atoms with Crippen molar-refractivity contribution in [1.82, 2.24) is 10.1 Å². The third kappa shape index (κ3) is 4.72. The molecule has 3 N–H and O–H groups in total. The summed E-state index contributed by atoms with van der Waals surface area (Å²) < 4.78 is 5.64. The van der Waals surface area contributed by atoms with E-state index in [1.165, 1.54) is 29.7 Å². The van der Waals surface area contributed by atoms with E-state index in [0.717, 1.165) is 66.9 Å². The summed E-state index contributed by atoms with van der Waals surface area (Å²) in [6.45, 7) is 0. The second-order valence-electron chi connectivity index (χ2n) is 7.86. The topological polar surface area (TPSA) is 126 Å². The Labute approximate surface area is 178 Å². The lowest BCUT2D eigenvalue weighted by molar-refractivity contribution is -0.112. The fourth-order valence-electron chi connectivity index (χ4n) is 3.96. The van der Waals surface area contributed by atoms with Gasteiger partial charge in [-0.05, 0) is 63.4 Å². The van der Waals surface area contributed by atoms with Gasteiger partial charge in [0, 0.05) is 16.4 Å². The number of carboxylic acid groups (broad SMARTS) is 2. The van der Waals surface area contributed by atoms with Crippen LogP contribution in [0.25, 0.3) is 11.5 Å². The third-order valence-corrected chi connectivity index (χ3v) is 6.79. The summed E-state index contributed by atoms with van der Waals surface area (Å²) in [7, 11) is 0. The van der Waals surface area contributed by atoms with E-state index in [2.05, 4.69) is 21.5 Å². The van der Waals surface area contributed by atoms with Crippen molar-refractivity contribution < 1.29 is 24.3 Å². The number of nitrogens with zero attached hydrogens (tertiary/aromatic N) is 2. The number of carbonyl (C=O) groups excluding carboxylic acids is 1. The molecule has 0 aromatic carbocycles. The molecule has 1 saturated carbocycles. The molecule has 160 valence electrons. The highest BCUT2D eigenvalue weighted by molar-refractivity contribution is 7.17. The number of aryl methyl sites for hydroxylation is 1. The van der Waals surface area contributed by atoms with Gasteiger partial charge in [-0.2, -0.15) is 4.98 Å². The highest BCUT2D eigenvalue weighted by Crippen LogP contribution is 2.45. The van der Waals surface area contributed by atoms with Crippen LogP contribution in [-0.2, 0) is 17.6 Å². The van der Waals surface area contributed by atoms with Crippen molar-refractivity contribution in [3.05, 3.63) is 27.9 Å². The van der Waals surface area contributed by atoms with Crippen LogP contribution in [0.15, 0.2) is 16.2 Å². The molecule has 0 bridgehead atoms. The van der Waals surface area contributed by atoms with Crippen molar-refractivity contribution in [2.75, 3.05) is 5.32 Å².